The molecule has 3 rings (SSSR count). The standard InChI is InChI=1S/C21H32N4O.HI/c1-22-20(25-14-13-21(16-25)11-5-4-6-12-21)23-15-17-7-9-18(10-8-17)19(26)24(2)3;/h7-10H,4-6,11-16H2,1-3H3,(H,22,23);1H. The van der Waals surface area contributed by atoms with Gasteiger partial charge < -0.3 is 15.1 Å². The average Bonchev–Trinajstić information content (AvgIpc) is 3.06. The molecule has 27 heavy (non-hydrogen) atoms. The summed E-state index contributed by atoms with van der Waals surface area (Å²) >= 11 is 0. The molecule has 1 aromatic carbocycles. The highest BCUT2D eigenvalue weighted by atomic mass is 127. The molecule has 0 unspecified atom stereocenters. The van der Waals surface area contributed by atoms with E-state index in [9.17, 15) is 4.79 Å². The Kier molecular flexibility index (Phi) is 7.94. The van der Waals surface area contributed by atoms with Crippen molar-refractivity contribution in [3.05, 3.63) is 35.4 Å². The number of halogens is 1. The Hall–Kier alpha value is -1.31. The second-order valence-electron chi connectivity index (χ2n) is 8.03. The van der Waals surface area contributed by atoms with E-state index in [1.54, 1.807) is 19.0 Å². The molecule has 0 radical (unpaired) electrons. The van der Waals surface area contributed by atoms with Crippen LogP contribution < -0.4 is 5.32 Å². The lowest BCUT2D eigenvalue weighted by molar-refractivity contribution is 0.0827. The molecule has 1 aliphatic carbocycles. The molecule has 1 aromatic rings. The number of rotatable bonds is 3. The van der Waals surface area contributed by atoms with Gasteiger partial charge in [-0.3, -0.25) is 9.79 Å². The number of hydrogen-bond donors (Lipinski definition) is 1. The van der Waals surface area contributed by atoms with Crippen LogP contribution in [0.1, 0.15) is 54.4 Å². The van der Waals surface area contributed by atoms with Crippen molar-refractivity contribution in [3.8, 4) is 0 Å². The monoisotopic (exact) mass is 484 g/mol. The van der Waals surface area contributed by atoms with Crippen molar-refractivity contribution in [2.24, 2.45) is 10.4 Å². The Labute approximate surface area is 180 Å². The number of carbonyl (C=O) groups is 1. The van der Waals surface area contributed by atoms with Crippen molar-refractivity contribution in [1.29, 1.82) is 0 Å². The number of carbonyl (C=O) groups excluding carboxylic acids is 1. The first-order valence-corrected chi connectivity index (χ1v) is 9.79. The molecule has 1 heterocycles. The summed E-state index contributed by atoms with van der Waals surface area (Å²) in [5.41, 5.74) is 2.42. The van der Waals surface area contributed by atoms with Crippen LogP contribution in [-0.2, 0) is 6.54 Å². The van der Waals surface area contributed by atoms with Gasteiger partial charge >= 0.3 is 0 Å². The summed E-state index contributed by atoms with van der Waals surface area (Å²) in [6.45, 7) is 2.98. The minimum absolute atomic E-state index is 0. The molecule has 1 aliphatic heterocycles. The van der Waals surface area contributed by atoms with E-state index in [1.807, 2.05) is 31.3 Å². The van der Waals surface area contributed by atoms with E-state index in [1.165, 1.54) is 38.5 Å². The topological polar surface area (TPSA) is 47.9 Å². The van der Waals surface area contributed by atoms with Gasteiger partial charge in [0.15, 0.2) is 5.96 Å². The molecule has 1 N–H and O–H groups in total. The lowest BCUT2D eigenvalue weighted by Gasteiger charge is -2.33. The summed E-state index contributed by atoms with van der Waals surface area (Å²) in [6.07, 6.45) is 8.23. The first-order valence-electron chi connectivity index (χ1n) is 9.79. The van der Waals surface area contributed by atoms with Crippen molar-refractivity contribution in [2.45, 2.75) is 45.1 Å². The van der Waals surface area contributed by atoms with E-state index < -0.39 is 0 Å². The van der Waals surface area contributed by atoms with Crippen molar-refractivity contribution >= 4 is 35.8 Å². The third-order valence-corrected chi connectivity index (χ3v) is 5.92. The van der Waals surface area contributed by atoms with Gasteiger partial charge in [0.1, 0.15) is 0 Å². The Balaban J connectivity index is 0.00000261. The zero-order valence-electron chi connectivity index (χ0n) is 16.8. The molecule has 2 fully saturated rings. The highest BCUT2D eigenvalue weighted by Crippen LogP contribution is 2.43. The van der Waals surface area contributed by atoms with Crippen LogP contribution in [0, 0.1) is 5.41 Å². The summed E-state index contributed by atoms with van der Waals surface area (Å²) in [7, 11) is 5.42. The van der Waals surface area contributed by atoms with Gasteiger partial charge in [0.25, 0.3) is 5.91 Å². The summed E-state index contributed by atoms with van der Waals surface area (Å²) in [5.74, 6) is 1.04. The SMILES string of the molecule is CN=C(NCc1ccc(C(=O)N(C)C)cc1)N1CCC2(CCCCC2)C1.I. The maximum atomic E-state index is 12.0. The van der Waals surface area contributed by atoms with Gasteiger partial charge in [0.05, 0.1) is 0 Å². The van der Waals surface area contributed by atoms with E-state index in [0.717, 1.165) is 36.7 Å². The van der Waals surface area contributed by atoms with Crippen molar-refractivity contribution in [2.75, 3.05) is 34.2 Å². The number of amides is 1. The maximum absolute atomic E-state index is 12.0. The van der Waals surface area contributed by atoms with Crippen LogP contribution in [0.2, 0.25) is 0 Å². The smallest absolute Gasteiger partial charge is 0.253 e. The van der Waals surface area contributed by atoms with Crippen molar-refractivity contribution in [3.63, 3.8) is 0 Å². The van der Waals surface area contributed by atoms with Crippen LogP contribution in [0.15, 0.2) is 29.3 Å². The minimum Gasteiger partial charge on any atom is -0.352 e. The number of guanidine groups is 1. The first kappa shape index (κ1) is 22.0. The van der Waals surface area contributed by atoms with Crippen LogP contribution >= 0.6 is 24.0 Å². The van der Waals surface area contributed by atoms with E-state index in [-0.39, 0.29) is 29.9 Å². The second-order valence-corrected chi connectivity index (χ2v) is 8.03. The van der Waals surface area contributed by atoms with E-state index in [0.29, 0.717) is 5.41 Å². The van der Waals surface area contributed by atoms with E-state index in [2.05, 4.69) is 15.2 Å². The van der Waals surface area contributed by atoms with Crippen LogP contribution in [-0.4, -0.2) is 55.9 Å². The second kappa shape index (κ2) is 9.75. The maximum Gasteiger partial charge on any atom is 0.253 e. The highest BCUT2D eigenvalue weighted by molar-refractivity contribution is 14.0. The van der Waals surface area contributed by atoms with Gasteiger partial charge in [-0.25, -0.2) is 0 Å². The Morgan fingerprint density at radius 3 is 2.41 bits per heavy atom. The number of hydrogen-bond acceptors (Lipinski definition) is 2. The molecule has 1 saturated carbocycles. The molecule has 1 spiro atoms. The van der Waals surface area contributed by atoms with Gasteiger partial charge in [0.2, 0.25) is 0 Å². The molecule has 2 aliphatic rings. The lowest BCUT2D eigenvalue weighted by Crippen LogP contribution is -2.41. The Bertz CT molecular complexity index is 651. The van der Waals surface area contributed by atoms with Gasteiger partial charge in [0, 0.05) is 46.3 Å². The predicted molar refractivity (Wildman–Crippen MR) is 122 cm³/mol. The molecule has 1 amide bonds. The first-order chi connectivity index (χ1) is 12.5. The normalized spacial score (nSPS) is 18.9. The minimum atomic E-state index is 0. The van der Waals surface area contributed by atoms with Crippen molar-refractivity contribution in [1.82, 2.24) is 15.1 Å². The van der Waals surface area contributed by atoms with Gasteiger partial charge in [-0.2, -0.15) is 0 Å². The third-order valence-electron chi connectivity index (χ3n) is 5.92. The summed E-state index contributed by atoms with van der Waals surface area (Å²) in [4.78, 5) is 20.5. The molecule has 5 nitrogen and oxygen atoms in total. The van der Waals surface area contributed by atoms with Gasteiger partial charge in [-0.1, -0.05) is 31.4 Å². The highest BCUT2D eigenvalue weighted by Gasteiger charge is 2.39. The van der Waals surface area contributed by atoms with Crippen LogP contribution in [0.25, 0.3) is 0 Å². The Morgan fingerprint density at radius 2 is 1.81 bits per heavy atom. The van der Waals surface area contributed by atoms with Crippen LogP contribution in [0.3, 0.4) is 0 Å². The fraction of sp³-hybridized carbons (Fsp3) is 0.619. The third kappa shape index (κ3) is 5.36. The van der Waals surface area contributed by atoms with Crippen LogP contribution in [0.5, 0.6) is 0 Å². The largest absolute Gasteiger partial charge is 0.352 e. The number of nitrogens with zero attached hydrogens (tertiary/aromatic N) is 3. The molecule has 0 aromatic heterocycles. The number of nitrogens with one attached hydrogen (secondary N) is 1. The average molecular weight is 484 g/mol. The number of benzene rings is 1. The van der Waals surface area contributed by atoms with E-state index in [4.69, 9.17) is 0 Å². The van der Waals surface area contributed by atoms with Gasteiger partial charge in [-0.05, 0) is 42.4 Å². The zero-order chi connectivity index (χ0) is 18.6. The molecular weight excluding hydrogens is 451 g/mol. The summed E-state index contributed by atoms with van der Waals surface area (Å²) < 4.78 is 0. The van der Waals surface area contributed by atoms with Gasteiger partial charge in [-0.15, -0.1) is 24.0 Å². The lowest BCUT2D eigenvalue weighted by atomic mass is 9.73. The van der Waals surface area contributed by atoms with Crippen molar-refractivity contribution < 1.29 is 4.79 Å². The molecule has 1 saturated heterocycles. The summed E-state index contributed by atoms with van der Waals surface area (Å²) in [6, 6.07) is 7.83. The fourth-order valence-electron chi connectivity index (χ4n) is 4.36. The number of aliphatic imine (C=N–C) groups is 1. The van der Waals surface area contributed by atoms with Crippen LogP contribution in [0.4, 0.5) is 0 Å². The van der Waals surface area contributed by atoms with E-state index >= 15 is 0 Å². The molecule has 150 valence electrons. The molecule has 0 bridgehead atoms. The molecule has 6 heteroatoms. The zero-order valence-corrected chi connectivity index (χ0v) is 19.2. The summed E-state index contributed by atoms with van der Waals surface area (Å²) in [5, 5.41) is 3.50. The predicted octanol–water partition coefficient (Wildman–Crippen LogP) is 3.74. The Morgan fingerprint density at radius 1 is 1.15 bits per heavy atom. The quantitative estimate of drug-likeness (QED) is 0.404. The number of likely N-dealkylation sites (tertiary alicyclic amines) is 1. The fourth-order valence-corrected chi connectivity index (χ4v) is 4.36. The molecule has 0 atom stereocenters. The molecular formula is C21H33IN4O.